The first-order valence-electron chi connectivity index (χ1n) is 5.43. The predicted octanol–water partition coefficient (Wildman–Crippen LogP) is 1.98. The Balaban J connectivity index is 2.98. The van der Waals surface area contributed by atoms with E-state index in [2.05, 4.69) is 20.7 Å². The molecule has 0 fully saturated rings. The van der Waals surface area contributed by atoms with Crippen LogP contribution in [-0.4, -0.2) is 37.7 Å². The molecule has 0 saturated carbocycles. The van der Waals surface area contributed by atoms with Crippen LogP contribution in [0.3, 0.4) is 0 Å². The quantitative estimate of drug-likeness (QED) is 0.802. The highest BCUT2D eigenvalue weighted by molar-refractivity contribution is 9.10. The second kappa shape index (κ2) is 7.03. The molecule has 1 aromatic rings. The topological polar surface area (TPSA) is 66.4 Å². The van der Waals surface area contributed by atoms with Gasteiger partial charge >= 0.3 is 0 Å². The summed E-state index contributed by atoms with van der Waals surface area (Å²) in [4.78, 5) is -0.402. The van der Waals surface area contributed by atoms with Crippen LogP contribution < -0.4 is 4.72 Å². The first kappa shape index (κ1) is 16.9. The molecule has 1 rings (SSSR count). The Morgan fingerprint density at radius 2 is 2.16 bits per heavy atom. The third kappa shape index (κ3) is 4.42. The van der Waals surface area contributed by atoms with Crippen LogP contribution >= 0.6 is 27.7 Å². The summed E-state index contributed by atoms with van der Waals surface area (Å²) in [7, 11) is -3.94. The maximum absolute atomic E-state index is 13.7. The van der Waals surface area contributed by atoms with Gasteiger partial charge in [0.25, 0.3) is 0 Å². The van der Waals surface area contributed by atoms with Crippen molar-refractivity contribution in [3.8, 4) is 0 Å². The largest absolute Gasteiger partial charge is 0.395 e. The first-order valence-corrected chi connectivity index (χ1v) is 8.99. The maximum atomic E-state index is 13.7. The van der Waals surface area contributed by atoms with E-state index in [9.17, 15) is 12.8 Å². The lowest BCUT2D eigenvalue weighted by Crippen LogP contribution is -2.41. The molecule has 0 radical (unpaired) electrons. The Bertz CT molecular complexity index is 535. The van der Waals surface area contributed by atoms with Crippen LogP contribution in [0, 0.1) is 5.82 Å². The smallest absolute Gasteiger partial charge is 0.243 e. The lowest BCUT2D eigenvalue weighted by Gasteiger charge is -2.21. The Labute approximate surface area is 125 Å². The summed E-state index contributed by atoms with van der Waals surface area (Å²) in [5, 5.41) is 8.83. The van der Waals surface area contributed by atoms with Crippen LogP contribution in [-0.2, 0) is 10.0 Å². The van der Waals surface area contributed by atoms with Crippen LogP contribution in [0.15, 0.2) is 27.6 Å². The lowest BCUT2D eigenvalue weighted by atomic mass is 10.3. The van der Waals surface area contributed by atoms with E-state index >= 15 is 0 Å². The molecule has 0 heterocycles. The summed E-state index contributed by atoms with van der Waals surface area (Å²) in [6, 6.07) is 3.24. The number of aliphatic hydroxyl groups is 1. The number of thioether (sulfide) groups is 1. The molecule has 2 unspecified atom stereocenters. The van der Waals surface area contributed by atoms with Gasteiger partial charge < -0.3 is 5.11 Å². The molecule has 0 aliphatic carbocycles. The third-order valence-corrected chi connectivity index (χ3v) is 5.81. The molecule has 19 heavy (non-hydrogen) atoms. The molecule has 1 aromatic carbocycles. The Hall–Kier alpha value is -0.150. The van der Waals surface area contributed by atoms with Gasteiger partial charge in [-0.1, -0.05) is 15.9 Å². The van der Waals surface area contributed by atoms with Crippen molar-refractivity contribution >= 4 is 37.7 Å². The number of benzene rings is 1. The molecule has 2 atom stereocenters. The van der Waals surface area contributed by atoms with Gasteiger partial charge in [0.2, 0.25) is 10.0 Å². The second-order valence-corrected chi connectivity index (χ2v) is 7.62. The summed E-state index contributed by atoms with van der Waals surface area (Å²) >= 11 is 4.41. The fourth-order valence-corrected chi connectivity index (χ4v) is 3.90. The first-order chi connectivity index (χ1) is 8.81. The molecule has 4 nitrogen and oxygen atoms in total. The number of sulfonamides is 1. The van der Waals surface area contributed by atoms with Crippen molar-refractivity contribution in [2.75, 3.05) is 12.9 Å². The molecule has 2 N–H and O–H groups in total. The number of hydrogen-bond acceptors (Lipinski definition) is 4. The number of nitrogens with one attached hydrogen (secondary N) is 1. The molecule has 8 heteroatoms. The second-order valence-electron chi connectivity index (χ2n) is 3.94. The van der Waals surface area contributed by atoms with Crippen LogP contribution in [0.4, 0.5) is 4.39 Å². The van der Waals surface area contributed by atoms with Gasteiger partial charge in [-0.05, 0) is 31.4 Å². The number of rotatable bonds is 6. The van der Waals surface area contributed by atoms with Gasteiger partial charge in [0.05, 0.1) is 6.61 Å². The molecule has 0 aromatic heterocycles. The minimum atomic E-state index is -3.94. The van der Waals surface area contributed by atoms with Gasteiger partial charge in [-0.15, -0.1) is 0 Å². The third-order valence-electron chi connectivity index (χ3n) is 2.56. The predicted molar refractivity (Wildman–Crippen MR) is 78.3 cm³/mol. The molecule has 0 amide bonds. The van der Waals surface area contributed by atoms with Gasteiger partial charge in [0.1, 0.15) is 10.7 Å². The van der Waals surface area contributed by atoms with Crippen molar-refractivity contribution in [2.24, 2.45) is 0 Å². The van der Waals surface area contributed by atoms with E-state index < -0.39 is 26.8 Å². The van der Waals surface area contributed by atoms with E-state index in [1.807, 2.05) is 0 Å². The average Bonchev–Trinajstić information content (AvgIpc) is 2.29. The zero-order valence-electron chi connectivity index (χ0n) is 10.4. The summed E-state index contributed by atoms with van der Waals surface area (Å²) in [6.45, 7) is 1.47. The highest BCUT2D eigenvalue weighted by atomic mass is 79.9. The molecule has 108 valence electrons. The van der Waals surface area contributed by atoms with Crippen molar-refractivity contribution in [1.82, 2.24) is 4.72 Å². The molecule has 0 saturated heterocycles. The highest BCUT2D eigenvalue weighted by Gasteiger charge is 2.25. The van der Waals surface area contributed by atoms with Crippen molar-refractivity contribution < 1.29 is 17.9 Å². The van der Waals surface area contributed by atoms with Gasteiger partial charge in [0, 0.05) is 15.8 Å². The Morgan fingerprint density at radius 1 is 1.53 bits per heavy atom. The molecular weight excluding hydrogens is 357 g/mol. The zero-order valence-corrected chi connectivity index (χ0v) is 13.6. The van der Waals surface area contributed by atoms with Crippen LogP contribution in [0.1, 0.15) is 6.92 Å². The summed E-state index contributed by atoms with van der Waals surface area (Å²) < 4.78 is 40.6. The maximum Gasteiger partial charge on any atom is 0.243 e. The summed E-state index contributed by atoms with van der Waals surface area (Å²) in [6.07, 6.45) is 1.77. The van der Waals surface area contributed by atoms with Crippen molar-refractivity contribution in [3.05, 3.63) is 28.5 Å². The molecule has 0 bridgehead atoms. The lowest BCUT2D eigenvalue weighted by molar-refractivity contribution is 0.282. The number of halogens is 2. The minimum Gasteiger partial charge on any atom is -0.395 e. The normalized spacial score (nSPS) is 15.2. The van der Waals surface area contributed by atoms with Gasteiger partial charge in [-0.25, -0.2) is 17.5 Å². The Morgan fingerprint density at radius 3 is 2.63 bits per heavy atom. The van der Waals surface area contributed by atoms with Crippen LogP contribution in [0.25, 0.3) is 0 Å². The van der Waals surface area contributed by atoms with Crippen molar-refractivity contribution in [1.29, 1.82) is 0 Å². The van der Waals surface area contributed by atoms with E-state index in [1.54, 1.807) is 13.2 Å². The summed E-state index contributed by atoms with van der Waals surface area (Å²) in [5.41, 5.74) is 0. The van der Waals surface area contributed by atoms with Crippen LogP contribution in [0.5, 0.6) is 0 Å². The monoisotopic (exact) mass is 371 g/mol. The average molecular weight is 372 g/mol. The van der Waals surface area contributed by atoms with Gasteiger partial charge in [-0.2, -0.15) is 11.8 Å². The highest BCUT2D eigenvalue weighted by Crippen LogP contribution is 2.20. The van der Waals surface area contributed by atoms with Gasteiger partial charge in [0.15, 0.2) is 0 Å². The molecule has 0 spiro atoms. The molecular formula is C11H15BrFNO3S2. The van der Waals surface area contributed by atoms with E-state index in [0.29, 0.717) is 4.47 Å². The fraction of sp³-hybridized carbons (Fsp3) is 0.455. The standard InChI is InChI=1S/C11H15BrFNO3S2/c1-7(10(6-15)18-2)14-19(16,17)11-4-3-8(12)5-9(11)13/h3-5,7,10,14-15H,6H2,1-2H3. The van der Waals surface area contributed by atoms with Gasteiger partial charge in [-0.3, -0.25) is 0 Å². The van der Waals surface area contributed by atoms with E-state index in [0.717, 1.165) is 6.07 Å². The fourth-order valence-electron chi connectivity index (χ4n) is 1.51. The van der Waals surface area contributed by atoms with Crippen LogP contribution in [0.2, 0.25) is 0 Å². The minimum absolute atomic E-state index is 0.159. The zero-order chi connectivity index (χ0) is 14.6. The van der Waals surface area contributed by atoms with E-state index in [1.165, 1.54) is 23.9 Å². The van der Waals surface area contributed by atoms with E-state index in [4.69, 9.17) is 5.11 Å². The van der Waals surface area contributed by atoms with Crippen molar-refractivity contribution in [3.63, 3.8) is 0 Å². The summed E-state index contributed by atoms with van der Waals surface area (Å²) in [5.74, 6) is -0.821. The van der Waals surface area contributed by atoms with E-state index in [-0.39, 0.29) is 11.9 Å². The number of hydrogen-bond donors (Lipinski definition) is 2. The number of aliphatic hydroxyl groups excluding tert-OH is 1. The Kier molecular flexibility index (Phi) is 6.25. The van der Waals surface area contributed by atoms with Crippen molar-refractivity contribution in [2.45, 2.75) is 23.1 Å². The molecule has 0 aliphatic rings. The SMILES string of the molecule is CSC(CO)C(C)NS(=O)(=O)c1ccc(Br)cc1F. The molecule has 0 aliphatic heterocycles.